The molecule has 5 heteroatoms. The van der Waals surface area contributed by atoms with Gasteiger partial charge in [0.2, 0.25) is 0 Å². The first kappa shape index (κ1) is 15.3. The van der Waals surface area contributed by atoms with Crippen molar-refractivity contribution in [3.05, 3.63) is 10.6 Å². The Bertz CT molecular complexity index is 487. The molecule has 21 heavy (non-hydrogen) atoms. The van der Waals surface area contributed by atoms with E-state index in [1.165, 1.54) is 41.6 Å². The number of fused-ring (bicyclic) bond motifs is 1. The van der Waals surface area contributed by atoms with Gasteiger partial charge in [0.15, 0.2) is 5.13 Å². The summed E-state index contributed by atoms with van der Waals surface area (Å²) in [5.74, 6) is 0.511. The van der Waals surface area contributed by atoms with Gasteiger partial charge in [-0.15, -0.1) is 11.3 Å². The number of nitrogens with two attached hydrogens (primary N) is 1. The van der Waals surface area contributed by atoms with Gasteiger partial charge in [0.25, 0.3) is 0 Å². The topological polar surface area (TPSA) is 45.4 Å². The first-order valence-electron chi connectivity index (χ1n) is 8.34. The fourth-order valence-electron chi connectivity index (χ4n) is 3.65. The van der Waals surface area contributed by atoms with Crippen LogP contribution in [0.1, 0.15) is 56.5 Å². The number of thiazole rings is 1. The predicted molar refractivity (Wildman–Crippen MR) is 90.1 cm³/mol. The van der Waals surface area contributed by atoms with Crippen molar-refractivity contribution in [1.82, 2.24) is 9.88 Å². The summed E-state index contributed by atoms with van der Waals surface area (Å²) in [5, 5.41) is 1.20. The van der Waals surface area contributed by atoms with Gasteiger partial charge in [-0.3, -0.25) is 4.90 Å². The van der Waals surface area contributed by atoms with Crippen LogP contribution < -0.4 is 10.6 Å². The second-order valence-electron chi connectivity index (χ2n) is 6.61. The molecule has 0 amide bonds. The van der Waals surface area contributed by atoms with Gasteiger partial charge in [-0.05, 0) is 38.6 Å². The van der Waals surface area contributed by atoms with Gasteiger partial charge in [0, 0.05) is 36.6 Å². The Kier molecular flexibility index (Phi) is 4.52. The van der Waals surface area contributed by atoms with Gasteiger partial charge in [-0.1, -0.05) is 13.8 Å². The number of piperazine rings is 1. The summed E-state index contributed by atoms with van der Waals surface area (Å²) >= 11 is 1.82. The van der Waals surface area contributed by atoms with Crippen molar-refractivity contribution in [2.24, 2.45) is 5.73 Å². The molecule has 1 aromatic rings. The minimum Gasteiger partial charge on any atom is -0.343 e. The van der Waals surface area contributed by atoms with Crippen molar-refractivity contribution in [2.75, 3.05) is 24.5 Å². The van der Waals surface area contributed by atoms with Crippen molar-refractivity contribution in [1.29, 1.82) is 0 Å². The quantitative estimate of drug-likeness (QED) is 0.929. The molecule has 0 spiro atoms. The van der Waals surface area contributed by atoms with Crippen molar-refractivity contribution >= 4 is 16.5 Å². The number of anilines is 1. The van der Waals surface area contributed by atoms with Gasteiger partial charge < -0.3 is 10.6 Å². The predicted octanol–water partition coefficient (Wildman–Crippen LogP) is 2.79. The zero-order chi connectivity index (χ0) is 15.0. The Labute approximate surface area is 132 Å². The Balaban J connectivity index is 1.84. The van der Waals surface area contributed by atoms with Crippen LogP contribution in [0.15, 0.2) is 0 Å². The largest absolute Gasteiger partial charge is 0.343 e. The Hall–Kier alpha value is -0.650. The van der Waals surface area contributed by atoms with Gasteiger partial charge in [-0.25, -0.2) is 4.98 Å². The molecule has 2 aliphatic heterocycles. The van der Waals surface area contributed by atoms with E-state index in [-0.39, 0.29) is 0 Å². The van der Waals surface area contributed by atoms with Crippen LogP contribution in [0, 0.1) is 0 Å². The molecule has 118 valence electrons. The van der Waals surface area contributed by atoms with Crippen LogP contribution in [-0.2, 0) is 6.54 Å². The van der Waals surface area contributed by atoms with Crippen molar-refractivity contribution < 1.29 is 0 Å². The normalized spacial score (nSPS) is 27.9. The molecule has 3 rings (SSSR count). The SMILES string of the molecule is CCC(C)c1nc(N2CC3CCCN3CC2C)sc1CN. The fourth-order valence-corrected chi connectivity index (χ4v) is 4.82. The van der Waals surface area contributed by atoms with Gasteiger partial charge >= 0.3 is 0 Å². The lowest BCUT2D eigenvalue weighted by molar-refractivity contribution is 0.203. The van der Waals surface area contributed by atoms with E-state index in [1.807, 2.05) is 11.3 Å². The van der Waals surface area contributed by atoms with E-state index in [0.29, 0.717) is 18.5 Å². The van der Waals surface area contributed by atoms with Gasteiger partial charge in [-0.2, -0.15) is 0 Å². The molecule has 0 aromatic carbocycles. The van der Waals surface area contributed by atoms with Crippen LogP contribution in [0.25, 0.3) is 0 Å². The van der Waals surface area contributed by atoms with E-state index in [4.69, 9.17) is 10.7 Å². The Morgan fingerprint density at radius 1 is 1.43 bits per heavy atom. The number of hydrogen-bond acceptors (Lipinski definition) is 5. The highest BCUT2D eigenvalue weighted by Crippen LogP contribution is 2.35. The van der Waals surface area contributed by atoms with E-state index in [1.54, 1.807) is 0 Å². The summed E-state index contributed by atoms with van der Waals surface area (Å²) in [7, 11) is 0. The third-order valence-corrected chi connectivity index (χ3v) is 6.29. The van der Waals surface area contributed by atoms with Crippen LogP contribution in [0.5, 0.6) is 0 Å². The first-order valence-corrected chi connectivity index (χ1v) is 9.16. The van der Waals surface area contributed by atoms with Crippen molar-refractivity contribution in [3.8, 4) is 0 Å². The molecule has 4 nitrogen and oxygen atoms in total. The summed E-state index contributed by atoms with van der Waals surface area (Å²) in [5.41, 5.74) is 7.19. The third kappa shape index (κ3) is 2.83. The summed E-state index contributed by atoms with van der Waals surface area (Å²) in [4.78, 5) is 11.5. The maximum absolute atomic E-state index is 5.95. The van der Waals surface area contributed by atoms with Crippen LogP contribution in [0.2, 0.25) is 0 Å². The van der Waals surface area contributed by atoms with Crippen molar-refractivity contribution in [2.45, 2.75) is 64.6 Å². The molecule has 2 aliphatic rings. The molecule has 0 radical (unpaired) electrons. The number of hydrogen-bond donors (Lipinski definition) is 1. The molecule has 2 N–H and O–H groups in total. The van der Waals surface area contributed by atoms with Crippen LogP contribution >= 0.6 is 11.3 Å². The molecule has 0 aliphatic carbocycles. The highest BCUT2D eigenvalue weighted by atomic mass is 32.1. The summed E-state index contributed by atoms with van der Waals surface area (Å²) in [6, 6.07) is 1.29. The fraction of sp³-hybridized carbons (Fsp3) is 0.812. The molecule has 3 unspecified atom stereocenters. The van der Waals surface area contributed by atoms with Crippen LogP contribution in [-0.4, -0.2) is 41.6 Å². The zero-order valence-electron chi connectivity index (χ0n) is 13.5. The van der Waals surface area contributed by atoms with E-state index >= 15 is 0 Å². The number of nitrogens with zero attached hydrogens (tertiary/aromatic N) is 3. The first-order chi connectivity index (χ1) is 10.1. The third-order valence-electron chi connectivity index (χ3n) is 5.16. The van der Waals surface area contributed by atoms with E-state index in [9.17, 15) is 0 Å². The Morgan fingerprint density at radius 3 is 2.95 bits per heavy atom. The average Bonchev–Trinajstić information content (AvgIpc) is 3.10. The number of rotatable bonds is 4. The summed E-state index contributed by atoms with van der Waals surface area (Å²) in [6.07, 6.45) is 3.83. The molecule has 1 aromatic heterocycles. The molecule has 0 bridgehead atoms. The molecule has 0 saturated carbocycles. The van der Waals surface area contributed by atoms with E-state index in [0.717, 1.165) is 19.0 Å². The second-order valence-corrected chi connectivity index (χ2v) is 7.67. The lowest BCUT2D eigenvalue weighted by atomic mass is 10.0. The van der Waals surface area contributed by atoms with Crippen LogP contribution in [0.3, 0.4) is 0 Å². The maximum atomic E-state index is 5.95. The molecule has 3 heterocycles. The highest BCUT2D eigenvalue weighted by molar-refractivity contribution is 7.15. The molecular weight excluding hydrogens is 280 g/mol. The molecular formula is C16H28N4S. The molecule has 2 saturated heterocycles. The number of aromatic nitrogens is 1. The lowest BCUT2D eigenvalue weighted by Crippen LogP contribution is -2.55. The van der Waals surface area contributed by atoms with Crippen molar-refractivity contribution in [3.63, 3.8) is 0 Å². The average molecular weight is 308 g/mol. The van der Waals surface area contributed by atoms with E-state index < -0.39 is 0 Å². The second kappa shape index (κ2) is 6.23. The molecule has 3 atom stereocenters. The minimum atomic E-state index is 0.511. The zero-order valence-corrected chi connectivity index (χ0v) is 14.3. The minimum absolute atomic E-state index is 0.511. The lowest BCUT2D eigenvalue weighted by Gasteiger charge is -2.42. The monoisotopic (exact) mass is 308 g/mol. The Morgan fingerprint density at radius 2 is 2.24 bits per heavy atom. The standard InChI is InChI=1S/C16H28N4S/c1-4-11(2)15-14(8-17)21-16(18-15)20-10-13-6-5-7-19(13)9-12(20)3/h11-13H,4-10,17H2,1-3H3. The summed E-state index contributed by atoms with van der Waals surface area (Å²) < 4.78 is 0. The molecule has 2 fully saturated rings. The van der Waals surface area contributed by atoms with Gasteiger partial charge in [0.1, 0.15) is 0 Å². The van der Waals surface area contributed by atoms with Gasteiger partial charge in [0.05, 0.1) is 5.69 Å². The summed E-state index contributed by atoms with van der Waals surface area (Å²) in [6.45, 7) is 11.0. The highest BCUT2D eigenvalue weighted by Gasteiger charge is 2.35. The van der Waals surface area contributed by atoms with Crippen LogP contribution in [0.4, 0.5) is 5.13 Å². The smallest absolute Gasteiger partial charge is 0.186 e. The van der Waals surface area contributed by atoms with E-state index in [2.05, 4.69) is 30.6 Å². The maximum Gasteiger partial charge on any atom is 0.186 e.